The van der Waals surface area contributed by atoms with Crippen molar-refractivity contribution in [1.82, 2.24) is 10.1 Å². The van der Waals surface area contributed by atoms with Crippen molar-refractivity contribution in [2.45, 2.75) is 32.1 Å². The maximum absolute atomic E-state index is 9.90. The predicted molar refractivity (Wildman–Crippen MR) is 76.9 cm³/mol. The van der Waals surface area contributed by atoms with Crippen molar-refractivity contribution in [3.63, 3.8) is 0 Å². The summed E-state index contributed by atoms with van der Waals surface area (Å²) in [6.07, 6.45) is 3.46. The zero-order chi connectivity index (χ0) is 14.1. The second-order valence-corrected chi connectivity index (χ2v) is 5.68. The van der Waals surface area contributed by atoms with Crippen molar-refractivity contribution in [2.24, 2.45) is 0 Å². The van der Waals surface area contributed by atoms with E-state index in [1.165, 1.54) is 6.42 Å². The highest BCUT2D eigenvalue weighted by molar-refractivity contribution is 9.10. The number of benzene rings is 1. The molecular formula is C14H15BrN2O3. The van der Waals surface area contributed by atoms with Crippen molar-refractivity contribution >= 4 is 15.9 Å². The van der Waals surface area contributed by atoms with Gasteiger partial charge in [-0.05, 0) is 47.8 Å². The Bertz CT molecular complexity index is 623. The largest absolute Gasteiger partial charge is 0.503 e. The van der Waals surface area contributed by atoms with Crippen LogP contribution in [0.2, 0.25) is 0 Å². The number of nitrogens with zero attached hydrogens (tertiary/aromatic N) is 2. The standard InChI is InChI=1S/C14H15BrN2O3/c1-2-19-11-7-9(6-10(15)12(11)18)13-16-14(20-17-13)8-4-3-5-8/h6-8,18H,2-5H2,1H3. The van der Waals surface area contributed by atoms with Crippen molar-refractivity contribution in [3.8, 4) is 22.9 Å². The number of phenols is 1. The molecule has 1 aromatic carbocycles. The summed E-state index contributed by atoms with van der Waals surface area (Å²) in [6, 6.07) is 3.48. The van der Waals surface area contributed by atoms with Crippen LogP contribution in [0.4, 0.5) is 0 Å². The molecule has 0 saturated heterocycles. The number of ether oxygens (including phenoxy) is 1. The maximum Gasteiger partial charge on any atom is 0.230 e. The van der Waals surface area contributed by atoms with E-state index in [-0.39, 0.29) is 5.75 Å². The van der Waals surface area contributed by atoms with Crippen LogP contribution in [-0.4, -0.2) is 21.9 Å². The Labute approximate surface area is 125 Å². The van der Waals surface area contributed by atoms with Crippen LogP contribution in [-0.2, 0) is 0 Å². The molecule has 1 saturated carbocycles. The van der Waals surface area contributed by atoms with Gasteiger partial charge in [-0.2, -0.15) is 4.98 Å². The summed E-state index contributed by atoms with van der Waals surface area (Å²) in [5.41, 5.74) is 0.757. The van der Waals surface area contributed by atoms with Gasteiger partial charge in [-0.3, -0.25) is 0 Å². The lowest BCUT2D eigenvalue weighted by Crippen LogP contribution is -2.08. The molecule has 1 aromatic heterocycles. The molecule has 0 radical (unpaired) electrons. The Kier molecular flexibility index (Phi) is 3.65. The van der Waals surface area contributed by atoms with Crippen LogP contribution in [0.25, 0.3) is 11.4 Å². The fourth-order valence-corrected chi connectivity index (χ4v) is 2.58. The average Bonchev–Trinajstić information content (AvgIpc) is 2.82. The lowest BCUT2D eigenvalue weighted by molar-refractivity contribution is 0.292. The molecule has 1 N–H and O–H groups in total. The number of hydrogen-bond acceptors (Lipinski definition) is 5. The quantitative estimate of drug-likeness (QED) is 0.916. The minimum Gasteiger partial charge on any atom is -0.503 e. The first-order chi connectivity index (χ1) is 9.69. The smallest absolute Gasteiger partial charge is 0.230 e. The number of aromatic nitrogens is 2. The van der Waals surface area contributed by atoms with Crippen molar-refractivity contribution in [3.05, 3.63) is 22.5 Å². The van der Waals surface area contributed by atoms with Gasteiger partial charge >= 0.3 is 0 Å². The summed E-state index contributed by atoms with van der Waals surface area (Å²) >= 11 is 3.31. The first-order valence-electron chi connectivity index (χ1n) is 6.68. The van der Waals surface area contributed by atoms with Crippen molar-refractivity contribution in [1.29, 1.82) is 0 Å². The summed E-state index contributed by atoms with van der Waals surface area (Å²) in [5, 5.41) is 13.9. The van der Waals surface area contributed by atoms with Crippen LogP contribution < -0.4 is 4.74 Å². The summed E-state index contributed by atoms with van der Waals surface area (Å²) < 4.78 is 11.3. The van der Waals surface area contributed by atoms with Crippen molar-refractivity contribution in [2.75, 3.05) is 6.61 Å². The molecule has 20 heavy (non-hydrogen) atoms. The van der Waals surface area contributed by atoms with Gasteiger partial charge in [0.15, 0.2) is 11.5 Å². The lowest BCUT2D eigenvalue weighted by Gasteiger charge is -2.20. The predicted octanol–water partition coefficient (Wildman–Crippen LogP) is 3.87. The zero-order valence-corrected chi connectivity index (χ0v) is 12.7. The molecule has 5 nitrogen and oxygen atoms in total. The number of halogens is 1. The Balaban J connectivity index is 1.94. The van der Waals surface area contributed by atoms with E-state index in [9.17, 15) is 5.11 Å². The SMILES string of the molecule is CCOc1cc(-c2noc(C3CCC3)n2)cc(Br)c1O. The van der Waals surface area contributed by atoms with Gasteiger partial charge in [0.1, 0.15) is 0 Å². The van der Waals surface area contributed by atoms with Crippen LogP contribution in [0, 0.1) is 0 Å². The van der Waals surface area contributed by atoms with E-state index in [2.05, 4.69) is 26.1 Å². The minimum absolute atomic E-state index is 0.0818. The van der Waals surface area contributed by atoms with Crippen LogP contribution in [0.15, 0.2) is 21.1 Å². The second kappa shape index (κ2) is 5.44. The van der Waals surface area contributed by atoms with E-state index in [0.29, 0.717) is 34.5 Å². The highest BCUT2D eigenvalue weighted by Gasteiger charge is 2.26. The molecule has 1 fully saturated rings. The van der Waals surface area contributed by atoms with Gasteiger partial charge in [0.2, 0.25) is 11.7 Å². The second-order valence-electron chi connectivity index (χ2n) is 4.82. The van der Waals surface area contributed by atoms with Gasteiger partial charge in [0.25, 0.3) is 0 Å². The third kappa shape index (κ3) is 2.40. The Morgan fingerprint density at radius 2 is 2.25 bits per heavy atom. The molecule has 0 spiro atoms. The third-order valence-corrected chi connectivity index (χ3v) is 4.09. The Morgan fingerprint density at radius 3 is 2.90 bits per heavy atom. The minimum atomic E-state index is 0.0818. The van der Waals surface area contributed by atoms with Crippen molar-refractivity contribution < 1.29 is 14.4 Å². The molecule has 0 unspecified atom stereocenters. The fraction of sp³-hybridized carbons (Fsp3) is 0.429. The Hall–Kier alpha value is -1.56. The van der Waals surface area contributed by atoms with Gasteiger partial charge in [-0.1, -0.05) is 11.6 Å². The maximum atomic E-state index is 9.90. The molecule has 1 aliphatic rings. The summed E-state index contributed by atoms with van der Waals surface area (Å²) in [5.74, 6) is 2.12. The van der Waals surface area contributed by atoms with E-state index >= 15 is 0 Å². The van der Waals surface area contributed by atoms with Gasteiger partial charge in [0.05, 0.1) is 11.1 Å². The molecule has 0 atom stereocenters. The molecule has 0 amide bonds. The molecule has 0 aliphatic heterocycles. The summed E-state index contributed by atoms with van der Waals surface area (Å²) in [6.45, 7) is 2.34. The molecule has 106 valence electrons. The topological polar surface area (TPSA) is 68.4 Å². The molecule has 2 aromatic rings. The van der Waals surface area contributed by atoms with Crippen LogP contribution in [0.5, 0.6) is 11.5 Å². The van der Waals surface area contributed by atoms with Gasteiger partial charge < -0.3 is 14.4 Å². The van der Waals surface area contributed by atoms with Gasteiger partial charge in [-0.15, -0.1) is 0 Å². The summed E-state index contributed by atoms with van der Waals surface area (Å²) in [4.78, 5) is 4.44. The van der Waals surface area contributed by atoms with Gasteiger partial charge in [-0.25, -0.2) is 0 Å². The molecule has 3 rings (SSSR count). The van der Waals surface area contributed by atoms with E-state index in [0.717, 1.165) is 18.4 Å². The van der Waals surface area contributed by atoms with E-state index in [1.54, 1.807) is 12.1 Å². The third-order valence-electron chi connectivity index (χ3n) is 3.48. The monoisotopic (exact) mass is 338 g/mol. The summed E-state index contributed by atoms with van der Waals surface area (Å²) in [7, 11) is 0. The number of phenolic OH excluding ortho intramolecular Hbond substituents is 1. The number of hydrogen-bond donors (Lipinski definition) is 1. The van der Waals surface area contributed by atoms with E-state index in [1.807, 2.05) is 6.92 Å². The molecular weight excluding hydrogens is 324 g/mol. The zero-order valence-electron chi connectivity index (χ0n) is 11.1. The average molecular weight is 339 g/mol. The first-order valence-corrected chi connectivity index (χ1v) is 7.47. The normalized spacial score (nSPS) is 15.1. The van der Waals surface area contributed by atoms with Crippen LogP contribution in [0.1, 0.15) is 38.0 Å². The van der Waals surface area contributed by atoms with Crippen LogP contribution >= 0.6 is 15.9 Å². The molecule has 1 heterocycles. The fourth-order valence-electron chi connectivity index (χ4n) is 2.14. The number of rotatable bonds is 4. The molecule has 0 bridgehead atoms. The lowest BCUT2D eigenvalue weighted by atomic mass is 9.85. The van der Waals surface area contributed by atoms with Gasteiger partial charge in [0, 0.05) is 11.5 Å². The van der Waals surface area contributed by atoms with Crippen LogP contribution in [0.3, 0.4) is 0 Å². The Morgan fingerprint density at radius 1 is 1.45 bits per heavy atom. The first kappa shape index (κ1) is 13.4. The molecule has 6 heteroatoms. The highest BCUT2D eigenvalue weighted by atomic mass is 79.9. The van der Waals surface area contributed by atoms with E-state index < -0.39 is 0 Å². The van der Waals surface area contributed by atoms with E-state index in [4.69, 9.17) is 9.26 Å². The molecule has 1 aliphatic carbocycles. The number of aromatic hydroxyl groups is 1. The highest BCUT2D eigenvalue weighted by Crippen LogP contribution is 2.39.